The molecule has 0 unspecified atom stereocenters. The molecule has 0 spiro atoms. The smallest absolute Gasteiger partial charge is 0.302 e. The van der Waals surface area contributed by atoms with Crippen molar-refractivity contribution in [3.63, 3.8) is 0 Å². The van der Waals surface area contributed by atoms with E-state index < -0.39 is 12.9 Å². The third kappa shape index (κ3) is 35.2. The second-order valence-corrected chi connectivity index (χ2v) is 31.5. The van der Waals surface area contributed by atoms with Crippen molar-refractivity contribution in [3.8, 4) is 30.3 Å². The first-order chi connectivity index (χ1) is 56.7. The number of hydrogen-bond donors (Lipinski definition) is 6. The first kappa shape index (κ1) is 104. The van der Waals surface area contributed by atoms with E-state index in [9.17, 15) is 23.9 Å². The highest BCUT2D eigenvalue weighted by Gasteiger charge is 2.29. The molecule has 9 heterocycles. The third-order valence-electron chi connectivity index (χ3n) is 18.6. The van der Waals surface area contributed by atoms with Gasteiger partial charge in [-0.1, -0.05) is 142 Å². The molecule has 0 bridgehead atoms. The summed E-state index contributed by atoms with van der Waals surface area (Å²) in [5.74, 6) is 8.10. The summed E-state index contributed by atoms with van der Waals surface area (Å²) in [4.78, 5) is 83.7. The van der Waals surface area contributed by atoms with Gasteiger partial charge in [0.1, 0.15) is 64.4 Å². The molecular formula is C82H110Br2Cl7FN20O7. The number of aliphatic hydroxyl groups excluding tert-OH is 3. The summed E-state index contributed by atoms with van der Waals surface area (Å²) in [6.07, 6.45) is 44.2. The number of rotatable bonds is 11. The van der Waals surface area contributed by atoms with Gasteiger partial charge in [-0.25, -0.2) is 34.9 Å². The molecule has 0 aliphatic heterocycles. The van der Waals surface area contributed by atoms with Crippen LogP contribution < -0.4 is 16.4 Å². The lowest BCUT2D eigenvalue weighted by Crippen LogP contribution is -2.25. The van der Waals surface area contributed by atoms with Gasteiger partial charge in [-0.05, 0) is 204 Å². The number of ether oxygens (including phenoxy) is 1. The highest BCUT2D eigenvalue weighted by molar-refractivity contribution is 9.11. The summed E-state index contributed by atoms with van der Waals surface area (Å²) < 4.78 is 27.5. The molecule has 0 aromatic carbocycles. The zero-order valence-electron chi connectivity index (χ0n) is 67.4. The van der Waals surface area contributed by atoms with Crippen LogP contribution in [0.15, 0.2) is 64.3 Å². The predicted molar refractivity (Wildman–Crippen MR) is 482 cm³/mol. The molecule has 15 rings (SSSR count). The largest absolute Gasteiger partial charge is 0.466 e. The Kier molecular flexibility index (Phi) is 50.6. The van der Waals surface area contributed by atoms with E-state index in [1.807, 2.05) is 22.6 Å². The number of hydrogen-bond acceptors (Lipinski definition) is 23. The molecule has 27 nitrogen and oxygen atoms in total. The maximum Gasteiger partial charge on any atom is 0.302 e. The molecular weight excluding hydrogens is 1800 g/mol. The van der Waals surface area contributed by atoms with Crippen LogP contribution in [-0.2, 0) is 16.1 Å². The van der Waals surface area contributed by atoms with Crippen LogP contribution in [0, 0.1) is 35.5 Å². The number of anilines is 2. The van der Waals surface area contributed by atoms with E-state index in [-0.39, 0.29) is 84.3 Å². The molecule has 650 valence electrons. The van der Waals surface area contributed by atoms with Crippen molar-refractivity contribution in [1.82, 2.24) is 78.4 Å². The minimum Gasteiger partial charge on any atom is -0.466 e. The number of amides is 1. The topological polar surface area (TPSA) is 368 Å². The number of carbonyl (C=O) groups excluding carboxylic acids is 3. The number of nitrogens with zero attached hydrogens (tertiary/aromatic N) is 17. The van der Waals surface area contributed by atoms with Crippen LogP contribution >= 0.6 is 113 Å². The standard InChI is InChI=1S/C14H17ClN4O.C13H11ClN4O.2C12H14ClN3O.C9H11BrClN3.C5H11N.C4HBrCl2N2.C4H8O2.C3H4O.C3H8.CH3F.2CH4/c1-18(2)13(20)11-7-9-8-16-14(15)17-12(9)19(11)10-5-3-4-6-10;14-13-16-7-8-5-10(11(19)6-15)18(12(8)17-13)9-3-1-2-4-9;13-12-14-6-8-5-10(7-17)16(11(8)15-12)9-3-1-2-4-9;13-12-14-8-9(4-3-7-17)11(16-12)15-10-5-1-2-6-10;10-7-5-12-9(11)14-8(7)13-6-3-1-2-4-6;6-5-3-1-2-4-5;5-2-1-8-4(7)9-3(2)6;1-3-6-4(2)5;1-2-3-4;1-3-2;1-2;;/h7-8,10H,3-6H2,1-2H3;5,7,9H,1-4H2;5-6,9,17H,1-4,7H2;8,10,17H,1-2,5-7H2,(H,14,15,16);5-6H,1-4H2,(H,12,13,14);5H,1-4,6H2;1H;3H2,1-2H3;1,4H,3H2;3H2,1-2H3;1H3;2*1H4/i;;;;;;;;;;1D;;. The number of esters is 1. The molecule has 1 amide bonds. The molecule has 9 aromatic heterocycles. The Labute approximate surface area is 751 Å². The number of aromatic nitrogens is 15. The number of nitriles is 1. The minimum absolute atomic E-state index is 0. The molecule has 7 N–H and O–H groups in total. The van der Waals surface area contributed by atoms with Crippen molar-refractivity contribution >= 4 is 175 Å². The van der Waals surface area contributed by atoms with Crippen LogP contribution in [0.3, 0.4) is 0 Å². The fraction of sp³-hybridized carbons (Fsp3) is 0.537. The second-order valence-electron chi connectivity index (χ2n) is 27.4. The number of Topliss-reactive ketones (excluding diaryl/α,β-unsaturated/α-hetero) is 1. The van der Waals surface area contributed by atoms with Gasteiger partial charge >= 0.3 is 5.97 Å². The van der Waals surface area contributed by atoms with Crippen LogP contribution in [0.4, 0.5) is 16.0 Å². The molecule has 37 heteroatoms. The van der Waals surface area contributed by atoms with Gasteiger partial charge in [0.25, 0.3) is 11.7 Å². The van der Waals surface area contributed by atoms with Gasteiger partial charge in [0.05, 0.1) is 36.2 Å². The average molecular weight is 1920 g/mol. The SMILES string of the molecule is C.C.C#CCO.CCC.CCOC(C)=O.CN(C)C(=O)c1cc2cnc(Cl)nc2n1C1CCCC1.Clc1ncc(Br)c(Cl)n1.Clc1ncc(Br)c(NC2CCCC2)n1.N#CC(=O)c1cc2cnc(Cl)nc2n1C1CCCC1.NC1CCCC1.OCC#Cc1cnc(Cl)nc1NC1CCCC1.OCc1cc2cnc(Cl)nc2n1C1CCCC1.[2H]CF. The van der Waals surface area contributed by atoms with E-state index >= 15 is 0 Å². The average Bonchev–Trinajstić information content (AvgIpc) is 1.58. The first-order valence-corrected chi connectivity index (χ1v) is 42.8. The highest BCUT2D eigenvalue weighted by atomic mass is 79.9. The predicted octanol–water partition coefficient (Wildman–Crippen LogP) is 20.5. The maximum absolute atomic E-state index is 12.4. The van der Waals surface area contributed by atoms with Crippen molar-refractivity contribution in [2.45, 2.75) is 246 Å². The molecule has 0 atom stereocenters. The molecule has 9 aromatic rings. The van der Waals surface area contributed by atoms with Gasteiger partial charge in [0, 0.05) is 116 Å². The number of terminal acetylenes is 1. The van der Waals surface area contributed by atoms with Gasteiger partial charge in [0.2, 0.25) is 31.7 Å². The van der Waals surface area contributed by atoms with Gasteiger partial charge < -0.3 is 55.0 Å². The van der Waals surface area contributed by atoms with Crippen molar-refractivity contribution < 1.29 is 40.2 Å². The Hall–Kier alpha value is -7.32. The number of nitrogens with one attached hydrogen (secondary N) is 2. The Morgan fingerprint density at radius 2 is 0.941 bits per heavy atom. The molecule has 6 aliphatic carbocycles. The van der Waals surface area contributed by atoms with Gasteiger partial charge in [-0.2, -0.15) is 30.2 Å². The van der Waals surface area contributed by atoms with Crippen molar-refractivity contribution in [1.29, 1.82) is 5.26 Å². The number of nitrogens with two attached hydrogens (primary N) is 1. The van der Waals surface area contributed by atoms with Crippen molar-refractivity contribution in [3.05, 3.63) is 124 Å². The molecule has 0 radical (unpaired) electrons. The van der Waals surface area contributed by atoms with Crippen molar-refractivity contribution in [2.75, 3.05) is 51.7 Å². The summed E-state index contributed by atoms with van der Waals surface area (Å²) >= 11 is 46.5. The van der Waals surface area contributed by atoms with Gasteiger partial charge in [-0.15, -0.1) is 6.42 Å². The molecule has 6 saturated carbocycles. The number of aliphatic hydroxyl groups is 3. The highest BCUT2D eigenvalue weighted by Crippen LogP contribution is 2.38. The number of carbonyl (C=O) groups is 3. The minimum atomic E-state index is -1.00. The van der Waals surface area contributed by atoms with E-state index in [4.69, 9.17) is 104 Å². The lowest BCUT2D eigenvalue weighted by molar-refractivity contribution is -0.140. The summed E-state index contributed by atoms with van der Waals surface area (Å²) in [7, 11) is 2.52. The van der Waals surface area contributed by atoms with Crippen LogP contribution in [0.25, 0.3) is 33.1 Å². The van der Waals surface area contributed by atoms with Gasteiger partial charge in [-0.3, -0.25) is 18.8 Å². The fourth-order valence-electron chi connectivity index (χ4n) is 13.6. The van der Waals surface area contributed by atoms with E-state index in [0.717, 1.165) is 108 Å². The Morgan fingerprint density at radius 1 is 0.580 bits per heavy atom. The summed E-state index contributed by atoms with van der Waals surface area (Å²) in [6, 6.07) is 9.69. The van der Waals surface area contributed by atoms with Crippen LogP contribution in [0.2, 0.25) is 36.9 Å². The normalized spacial score (nSPS) is 14.8. The number of fused-ring (bicyclic) bond motifs is 3. The van der Waals surface area contributed by atoms with Crippen LogP contribution in [0.5, 0.6) is 0 Å². The Morgan fingerprint density at radius 3 is 1.32 bits per heavy atom. The van der Waals surface area contributed by atoms with E-state index in [1.54, 1.807) is 69.0 Å². The molecule has 119 heavy (non-hydrogen) atoms. The number of halogens is 10. The second kappa shape index (κ2) is 57.9. The van der Waals surface area contributed by atoms with Crippen LogP contribution in [-0.4, -0.2) is 171 Å². The lowest BCUT2D eigenvalue weighted by Gasteiger charge is -2.18. The number of ketones is 1. The van der Waals surface area contributed by atoms with E-state index in [0.29, 0.717) is 74.9 Å². The van der Waals surface area contributed by atoms with E-state index in [2.05, 4.69) is 148 Å². The molecule has 6 fully saturated rings. The summed E-state index contributed by atoms with van der Waals surface area (Å²) in [5, 5.41) is 45.5. The zero-order chi connectivity index (χ0) is 86.6. The lowest BCUT2D eigenvalue weighted by atomic mass is 10.2. The first-order valence-electron chi connectivity index (χ1n) is 39.3. The maximum atomic E-state index is 12.4. The summed E-state index contributed by atoms with van der Waals surface area (Å²) in [6.45, 7) is 7.61. The van der Waals surface area contributed by atoms with E-state index in [1.165, 1.54) is 109 Å². The zero-order valence-corrected chi connectivity index (χ0v) is 74.8. The molecule has 0 saturated heterocycles. The van der Waals surface area contributed by atoms with Crippen molar-refractivity contribution in [2.24, 2.45) is 5.73 Å². The van der Waals surface area contributed by atoms with Crippen LogP contribution in [0.1, 0.15) is 255 Å². The van der Waals surface area contributed by atoms with Gasteiger partial charge in [0.15, 0.2) is 0 Å². The molecule has 6 aliphatic rings. The number of alkyl halides is 1. The Bertz CT molecular complexity index is 4750. The summed E-state index contributed by atoms with van der Waals surface area (Å²) in [5.41, 5.74) is 10.4. The quantitative estimate of drug-likeness (QED) is 0.0175. The third-order valence-corrected chi connectivity index (χ3v) is 21.4. The Balaban J connectivity index is 0.000000356. The monoisotopic (exact) mass is 1910 g/mol. The fourth-order valence-corrected chi connectivity index (χ4v) is 15.0.